The first-order chi connectivity index (χ1) is 12.2. The van der Waals surface area contributed by atoms with Crippen molar-refractivity contribution in [1.29, 1.82) is 0 Å². The monoisotopic (exact) mass is 340 g/mol. The van der Waals surface area contributed by atoms with E-state index < -0.39 is 0 Å². The third-order valence-electron chi connectivity index (χ3n) is 6.11. The number of carbonyl (C=O) groups is 1. The van der Waals surface area contributed by atoms with Gasteiger partial charge in [-0.2, -0.15) is 0 Å². The van der Waals surface area contributed by atoms with Crippen LogP contribution in [0.1, 0.15) is 62.8 Å². The molecule has 134 valence electrons. The molecule has 4 heteroatoms. The first kappa shape index (κ1) is 16.5. The average Bonchev–Trinajstić information content (AvgIpc) is 3.31. The third kappa shape index (κ3) is 3.39. The van der Waals surface area contributed by atoms with E-state index in [2.05, 4.69) is 28.6 Å². The summed E-state index contributed by atoms with van der Waals surface area (Å²) in [6, 6.07) is 6.53. The highest BCUT2D eigenvalue weighted by Crippen LogP contribution is 2.38. The summed E-state index contributed by atoms with van der Waals surface area (Å²) in [6.07, 6.45) is 11.2. The molecule has 2 saturated carbocycles. The number of aromatic amines is 1. The third-order valence-corrected chi connectivity index (χ3v) is 6.11. The Morgan fingerprint density at radius 1 is 1.16 bits per heavy atom. The number of hydrogen-bond acceptors (Lipinski definition) is 2. The Labute approximate surface area is 149 Å². The van der Waals surface area contributed by atoms with E-state index >= 15 is 0 Å². The van der Waals surface area contributed by atoms with E-state index in [0.717, 1.165) is 36.9 Å². The SMILES string of the molecule is COc1ccc2[nH]cc([C@@H]3CCC[C@H](NC(=O)C4CCCC4)C3)c2c1. The number of aromatic nitrogens is 1. The lowest BCUT2D eigenvalue weighted by Gasteiger charge is -2.30. The van der Waals surface area contributed by atoms with E-state index in [9.17, 15) is 4.79 Å². The second kappa shape index (κ2) is 7.11. The van der Waals surface area contributed by atoms with Crippen molar-refractivity contribution < 1.29 is 9.53 Å². The van der Waals surface area contributed by atoms with Gasteiger partial charge in [0.05, 0.1) is 7.11 Å². The van der Waals surface area contributed by atoms with Crippen molar-refractivity contribution in [2.24, 2.45) is 5.92 Å². The quantitative estimate of drug-likeness (QED) is 0.860. The molecule has 2 aromatic rings. The number of methoxy groups -OCH3 is 1. The molecule has 2 N–H and O–H groups in total. The molecular formula is C21H28N2O2. The maximum absolute atomic E-state index is 12.5. The number of H-pyrrole nitrogens is 1. The van der Waals surface area contributed by atoms with Crippen molar-refractivity contribution in [3.05, 3.63) is 30.0 Å². The van der Waals surface area contributed by atoms with Gasteiger partial charge in [0.15, 0.2) is 0 Å². The maximum Gasteiger partial charge on any atom is 0.223 e. The maximum atomic E-state index is 12.5. The first-order valence-corrected chi connectivity index (χ1v) is 9.70. The molecule has 4 nitrogen and oxygen atoms in total. The van der Waals surface area contributed by atoms with Gasteiger partial charge in [0.1, 0.15) is 5.75 Å². The normalized spacial score (nSPS) is 24.5. The Bertz CT molecular complexity index is 745. The van der Waals surface area contributed by atoms with Gasteiger partial charge >= 0.3 is 0 Å². The van der Waals surface area contributed by atoms with Crippen molar-refractivity contribution in [3.8, 4) is 5.75 Å². The zero-order chi connectivity index (χ0) is 17.2. The molecule has 0 bridgehead atoms. The number of hydrogen-bond donors (Lipinski definition) is 2. The second-order valence-corrected chi connectivity index (χ2v) is 7.71. The van der Waals surface area contributed by atoms with E-state index in [1.54, 1.807) is 7.11 Å². The van der Waals surface area contributed by atoms with Crippen LogP contribution < -0.4 is 10.1 Å². The van der Waals surface area contributed by atoms with Gasteiger partial charge < -0.3 is 15.0 Å². The molecule has 4 rings (SSSR count). The lowest BCUT2D eigenvalue weighted by atomic mass is 9.81. The first-order valence-electron chi connectivity index (χ1n) is 9.70. The highest BCUT2D eigenvalue weighted by molar-refractivity contribution is 5.85. The standard InChI is InChI=1S/C21H28N2O2/c1-25-17-9-10-20-18(12-17)19(13-22-20)15-7-4-8-16(11-15)23-21(24)14-5-2-3-6-14/h9-10,12-16,22H,2-8,11H2,1H3,(H,23,24)/t15-,16+/m1/s1. The molecule has 1 aromatic carbocycles. The number of nitrogens with one attached hydrogen (secondary N) is 2. The molecule has 1 aromatic heterocycles. The Morgan fingerprint density at radius 2 is 2.00 bits per heavy atom. The van der Waals surface area contributed by atoms with Gasteiger partial charge in [-0.25, -0.2) is 0 Å². The summed E-state index contributed by atoms with van der Waals surface area (Å²) in [5.74, 6) is 1.96. The topological polar surface area (TPSA) is 54.1 Å². The Kier molecular flexibility index (Phi) is 4.69. The highest BCUT2D eigenvalue weighted by Gasteiger charge is 2.29. The molecule has 0 radical (unpaired) electrons. The van der Waals surface area contributed by atoms with Crippen LogP contribution >= 0.6 is 0 Å². The summed E-state index contributed by atoms with van der Waals surface area (Å²) in [6.45, 7) is 0. The van der Waals surface area contributed by atoms with Crippen molar-refractivity contribution in [1.82, 2.24) is 10.3 Å². The predicted octanol–water partition coefficient (Wildman–Crippen LogP) is 4.51. The lowest BCUT2D eigenvalue weighted by Crippen LogP contribution is -2.40. The average molecular weight is 340 g/mol. The van der Waals surface area contributed by atoms with Gasteiger partial charge in [-0.1, -0.05) is 19.3 Å². The second-order valence-electron chi connectivity index (χ2n) is 7.71. The Morgan fingerprint density at radius 3 is 2.80 bits per heavy atom. The van der Waals surface area contributed by atoms with Crippen molar-refractivity contribution >= 4 is 16.8 Å². The summed E-state index contributed by atoms with van der Waals surface area (Å²) in [4.78, 5) is 15.9. The number of amides is 1. The highest BCUT2D eigenvalue weighted by atomic mass is 16.5. The fraction of sp³-hybridized carbons (Fsp3) is 0.571. The fourth-order valence-corrected chi connectivity index (χ4v) is 4.70. The number of ether oxygens (including phenoxy) is 1. The summed E-state index contributed by atoms with van der Waals surface area (Å²) < 4.78 is 5.39. The van der Waals surface area contributed by atoms with Crippen molar-refractivity contribution in [3.63, 3.8) is 0 Å². The van der Waals surface area contributed by atoms with Gasteiger partial charge in [0, 0.05) is 29.1 Å². The van der Waals surface area contributed by atoms with Gasteiger partial charge in [-0.05, 0) is 61.8 Å². The van der Waals surface area contributed by atoms with Gasteiger partial charge in [-0.15, -0.1) is 0 Å². The van der Waals surface area contributed by atoms with Gasteiger partial charge in [0.2, 0.25) is 5.91 Å². The molecule has 2 atom stereocenters. The van der Waals surface area contributed by atoms with Gasteiger partial charge in [-0.3, -0.25) is 4.79 Å². The van der Waals surface area contributed by atoms with Crippen LogP contribution in [0.15, 0.2) is 24.4 Å². The molecule has 2 aliphatic carbocycles. The number of carbonyl (C=O) groups excluding carboxylic acids is 1. The van der Waals surface area contributed by atoms with E-state index in [-0.39, 0.29) is 5.92 Å². The molecular weight excluding hydrogens is 312 g/mol. The lowest BCUT2D eigenvalue weighted by molar-refractivity contribution is -0.125. The Balaban J connectivity index is 1.48. The predicted molar refractivity (Wildman–Crippen MR) is 99.9 cm³/mol. The molecule has 0 unspecified atom stereocenters. The summed E-state index contributed by atoms with van der Waals surface area (Å²) >= 11 is 0. The zero-order valence-corrected chi connectivity index (χ0v) is 15.0. The van der Waals surface area contributed by atoms with E-state index in [0.29, 0.717) is 17.9 Å². The minimum Gasteiger partial charge on any atom is -0.497 e. The molecule has 0 spiro atoms. The zero-order valence-electron chi connectivity index (χ0n) is 15.0. The van der Waals surface area contributed by atoms with Crippen LogP contribution in [0.2, 0.25) is 0 Å². The summed E-state index contributed by atoms with van der Waals surface area (Å²) in [5, 5.41) is 4.61. The van der Waals surface area contributed by atoms with Gasteiger partial charge in [0.25, 0.3) is 0 Å². The van der Waals surface area contributed by atoms with Crippen molar-refractivity contribution in [2.45, 2.75) is 63.3 Å². The summed E-state index contributed by atoms with van der Waals surface area (Å²) in [7, 11) is 1.71. The molecule has 0 saturated heterocycles. The van der Waals surface area contributed by atoms with Crippen LogP contribution in [0.5, 0.6) is 5.75 Å². The molecule has 25 heavy (non-hydrogen) atoms. The van der Waals surface area contributed by atoms with Crippen LogP contribution in [0.4, 0.5) is 0 Å². The minimum absolute atomic E-state index is 0.262. The molecule has 2 fully saturated rings. The van der Waals surface area contributed by atoms with E-state index in [1.807, 2.05) is 6.07 Å². The minimum atomic E-state index is 0.262. The smallest absolute Gasteiger partial charge is 0.223 e. The molecule has 2 aliphatic rings. The number of benzene rings is 1. The van der Waals surface area contributed by atoms with Crippen LogP contribution in [-0.2, 0) is 4.79 Å². The number of rotatable bonds is 4. The molecule has 1 heterocycles. The summed E-state index contributed by atoms with van der Waals surface area (Å²) in [5.41, 5.74) is 2.53. The van der Waals surface area contributed by atoms with Crippen LogP contribution in [0, 0.1) is 5.92 Å². The van der Waals surface area contributed by atoms with Crippen LogP contribution in [0.25, 0.3) is 10.9 Å². The number of fused-ring (bicyclic) bond motifs is 1. The van der Waals surface area contributed by atoms with E-state index in [4.69, 9.17) is 4.74 Å². The van der Waals surface area contributed by atoms with Crippen LogP contribution in [-0.4, -0.2) is 24.0 Å². The largest absolute Gasteiger partial charge is 0.497 e. The van der Waals surface area contributed by atoms with Crippen LogP contribution in [0.3, 0.4) is 0 Å². The van der Waals surface area contributed by atoms with Crippen molar-refractivity contribution in [2.75, 3.05) is 7.11 Å². The fourth-order valence-electron chi connectivity index (χ4n) is 4.70. The molecule has 0 aliphatic heterocycles. The van der Waals surface area contributed by atoms with E-state index in [1.165, 1.54) is 36.6 Å². The molecule has 1 amide bonds. The Hall–Kier alpha value is -1.97.